The van der Waals surface area contributed by atoms with E-state index in [1.807, 2.05) is 20.8 Å². The van der Waals surface area contributed by atoms with Crippen molar-refractivity contribution in [3.05, 3.63) is 0 Å². The zero-order valence-electron chi connectivity index (χ0n) is 27.6. The summed E-state index contributed by atoms with van der Waals surface area (Å²) in [6.45, 7) is 9.16. The fourth-order valence-corrected chi connectivity index (χ4v) is 5.32. The van der Waals surface area contributed by atoms with E-state index in [2.05, 4.69) is 17.6 Å². The fourth-order valence-electron chi connectivity index (χ4n) is 5.32. The van der Waals surface area contributed by atoms with E-state index in [-0.39, 0.29) is 36.3 Å². The van der Waals surface area contributed by atoms with E-state index in [4.69, 9.17) is 14.2 Å². The molecule has 0 spiro atoms. The third kappa shape index (κ3) is 23.8. The molecule has 2 N–H and O–H groups in total. The van der Waals surface area contributed by atoms with Crippen molar-refractivity contribution in [1.29, 1.82) is 0 Å². The number of hydrogen-bond acceptors (Lipinski definition) is 6. The van der Waals surface area contributed by atoms with Gasteiger partial charge in [0, 0.05) is 24.9 Å². The van der Waals surface area contributed by atoms with Gasteiger partial charge in [0.2, 0.25) is 11.8 Å². The van der Waals surface area contributed by atoms with Gasteiger partial charge in [-0.3, -0.25) is 14.4 Å². The van der Waals surface area contributed by atoms with Crippen molar-refractivity contribution in [3.63, 3.8) is 0 Å². The average Bonchev–Trinajstić information content (AvgIpc) is 2.93. The number of hydrogen-bond donors (Lipinski definition) is 2. The summed E-state index contributed by atoms with van der Waals surface area (Å²) in [5.74, 6) is -0.103. The SMILES string of the molecule is CCCCCCCCCCCCCCCC(=O)N[C@H]1CC[C@@H](NC(=O)CCOCCOCCC(=O)OC(C)(C)C)CC1. The number of amides is 2. The highest BCUT2D eigenvalue weighted by molar-refractivity contribution is 5.76. The minimum atomic E-state index is -0.485. The van der Waals surface area contributed by atoms with E-state index < -0.39 is 5.60 Å². The van der Waals surface area contributed by atoms with Crippen LogP contribution in [0.15, 0.2) is 0 Å². The molecule has 42 heavy (non-hydrogen) atoms. The summed E-state index contributed by atoms with van der Waals surface area (Å²) >= 11 is 0. The van der Waals surface area contributed by atoms with Crippen molar-refractivity contribution in [2.45, 2.75) is 174 Å². The molecule has 0 unspecified atom stereocenters. The summed E-state index contributed by atoms with van der Waals surface area (Å²) in [7, 11) is 0. The molecule has 0 aromatic carbocycles. The molecule has 0 saturated heterocycles. The van der Waals surface area contributed by atoms with Gasteiger partial charge in [-0.05, 0) is 52.9 Å². The quantitative estimate of drug-likeness (QED) is 0.0856. The molecule has 1 aliphatic carbocycles. The zero-order chi connectivity index (χ0) is 30.9. The van der Waals surface area contributed by atoms with Crippen molar-refractivity contribution < 1.29 is 28.6 Å². The number of ether oxygens (including phenoxy) is 3. The Labute approximate surface area is 257 Å². The molecule has 0 aromatic rings. The molecule has 1 fully saturated rings. The molecule has 8 heteroatoms. The topological polar surface area (TPSA) is 103 Å². The molecule has 246 valence electrons. The van der Waals surface area contributed by atoms with Crippen molar-refractivity contribution in [2.24, 2.45) is 0 Å². The molecule has 2 amide bonds. The van der Waals surface area contributed by atoms with Crippen LogP contribution in [-0.2, 0) is 28.6 Å². The van der Waals surface area contributed by atoms with Crippen molar-refractivity contribution in [1.82, 2.24) is 10.6 Å². The molecular weight excluding hydrogens is 532 g/mol. The van der Waals surface area contributed by atoms with Crippen molar-refractivity contribution in [3.8, 4) is 0 Å². The van der Waals surface area contributed by atoms with Crippen molar-refractivity contribution in [2.75, 3.05) is 26.4 Å². The zero-order valence-corrected chi connectivity index (χ0v) is 27.6. The van der Waals surface area contributed by atoms with E-state index >= 15 is 0 Å². The normalized spacial score (nSPS) is 17.1. The minimum absolute atomic E-state index is 0.00395. The van der Waals surface area contributed by atoms with Crippen LogP contribution in [0.4, 0.5) is 0 Å². The lowest BCUT2D eigenvalue weighted by Crippen LogP contribution is -2.43. The van der Waals surface area contributed by atoms with Gasteiger partial charge in [0.15, 0.2) is 0 Å². The van der Waals surface area contributed by atoms with Gasteiger partial charge in [0.1, 0.15) is 5.60 Å². The number of esters is 1. The first kappa shape index (κ1) is 38.4. The van der Waals surface area contributed by atoms with Gasteiger partial charge < -0.3 is 24.8 Å². The summed E-state index contributed by atoms with van der Waals surface area (Å²) in [5.41, 5.74) is -0.485. The van der Waals surface area contributed by atoms with Gasteiger partial charge in [-0.25, -0.2) is 0 Å². The lowest BCUT2D eigenvalue weighted by atomic mass is 9.91. The number of carbonyl (C=O) groups is 3. The summed E-state index contributed by atoms with van der Waals surface area (Å²) < 4.78 is 16.1. The molecule has 0 aliphatic heterocycles. The summed E-state index contributed by atoms with van der Waals surface area (Å²) in [5, 5.41) is 6.31. The lowest BCUT2D eigenvalue weighted by Gasteiger charge is -2.29. The molecule has 1 rings (SSSR count). The third-order valence-corrected chi connectivity index (χ3v) is 7.68. The van der Waals surface area contributed by atoms with Gasteiger partial charge in [0.05, 0.1) is 32.8 Å². The van der Waals surface area contributed by atoms with Gasteiger partial charge in [-0.1, -0.05) is 84.0 Å². The second-order valence-electron chi connectivity index (χ2n) is 13.0. The molecule has 1 aliphatic rings. The molecular formula is C34H64N2O6. The van der Waals surface area contributed by atoms with Gasteiger partial charge in [-0.15, -0.1) is 0 Å². The Bertz CT molecular complexity index is 701. The maximum Gasteiger partial charge on any atom is 0.308 e. The number of rotatable bonds is 25. The van der Waals surface area contributed by atoms with E-state index in [0.29, 0.717) is 39.3 Å². The predicted octanol–water partition coefficient (Wildman–Crippen LogP) is 7.17. The lowest BCUT2D eigenvalue weighted by molar-refractivity contribution is -0.156. The highest BCUT2D eigenvalue weighted by atomic mass is 16.6. The molecule has 0 atom stereocenters. The summed E-state index contributed by atoms with van der Waals surface area (Å²) in [6, 6.07) is 0.397. The fraction of sp³-hybridized carbons (Fsp3) is 0.912. The van der Waals surface area contributed by atoms with Crippen LogP contribution in [0.1, 0.15) is 156 Å². The first-order valence-corrected chi connectivity index (χ1v) is 17.2. The standard InChI is InChI=1S/C34H64N2O6/c1-5-6-7-8-9-10-11-12-13-14-15-16-17-18-31(37)35-29-19-21-30(22-20-29)36-32(38)23-25-40-27-28-41-26-24-33(39)42-34(2,3)4/h29-30H,5-28H2,1-4H3,(H,35,37)(H,36,38)/t29-,30+. The molecule has 0 radical (unpaired) electrons. The number of carbonyl (C=O) groups excluding carboxylic acids is 3. The highest BCUT2D eigenvalue weighted by Gasteiger charge is 2.23. The van der Waals surface area contributed by atoms with Gasteiger partial charge in [-0.2, -0.15) is 0 Å². The Kier molecular flexibility index (Phi) is 22.6. The summed E-state index contributed by atoms with van der Waals surface area (Å²) in [6.07, 6.45) is 21.8. The smallest absolute Gasteiger partial charge is 0.308 e. The Morgan fingerprint density at radius 2 is 0.976 bits per heavy atom. The van der Waals surface area contributed by atoms with E-state index in [1.165, 1.54) is 70.6 Å². The second kappa shape index (κ2) is 24.7. The van der Waals surface area contributed by atoms with Crippen LogP contribution in [0.3, 0.4) is 0 Å². The Morgan fingerprint density at radius 3 is 1.43 bits per heavy atom. The third-order valence-electron chi connectivity index (χ3n) is 7.68. The molecule has 8 nitrogen and oxygen atoms in total. The average molecular weight is 597 g/mol. The first-order chi connectivity index (χ1) is 20.2. The number of unbranched alkanes of at least 4 members (excludes halogenated alkanes) is 12. The largest absolute Gasteiger partial charge is 0.460 e. The molecule has 0 bridgehead atoms. The van der Waals surface area contributed by atoms with Crippen LogP contribution in [0.2, 0.25) is 0 Å². The minimum Gasteiger partial charge on any atom is -0.460 e. The Hall–Kier alpha value is -1.67. The van der Waals surface area contributed by atoms with Crippen LogP contribution >= 0.6 is 0 Å². The van der Waals surface area contributed by atoms with Crippen LogP contribution < -0.4 is 10.6 Å². The van der Waals surface area contributed by atoms with Gasteiger partial charge in [0.25, 0.3) is 0 Å². The van der Waals surface area contributed by atoms with Crippen LogP contribution in [0, 0.1) is 0 Å². The van der Waals surface area contributed by atoms with E-state index in [9.17, 15) is 14.4 Å². The van der Waals surface area contributed by atoms with E-state index in [1.54, 1.807) is 0 Å². The molecule has 0 aromatic heterocycles. The predicted molar refractivity (Wildman–Crippen MR) is 169 cm³/mol. The van der Waals surface area contributed by atoms with Crippen LogP contribution in [0.25, 0.3) is 0 Å². The Balaban J connectivity index is 1.92. The number of nitrogens with one attached hydrogen (secondary N) is 2. The summed E-state index contributed by atoms with van der Waals surface area (Å²) in [4.78, 5) is 36.2. The molecule has 0 heterocycles. The Morgan fingerprint density at radius 1 is 0.571 bits per heavy atom. The van der Waals surface area contributed by atoms with E-state index in [0.717, 1.165) is 38.5 Å². The monoisotopic (exact) mass is 596 g/mol. The first-order valence-electron chi connectivity index (χ1n) is 17.2. The maximum absolute atomic E-state index is 12.4. The van der Waals surface area contributed by atoms with Gasteiger partial charge >= 0.3 is 5.97 Å². The maximum atomic E-state index is 12.4. The van der Waals surface area contributed by atoms with Crippen molar-refractivity contribution >= 4 is 17.8 Å². The second-order valence-corrected chi connectivity index (χ2v) is 13.0. The van der Waals surface area contributed by atoms with Crippen LogP contribution in [0.5, 0.6) is 0 Å². The van der Waals surface area contributed by atoms with Crippen LogP contribution in [-0.4, -0.2) is 61.9 Å². The molecule has 1 saturated carbocycles. The highest BCUT2D eigenvalue weighted by Crippen LogP contribution is 2.19.